The molecule has 1 heterocycles. The number of ether oxygens (including phenoxy) is 2. The normalized spacial score (nSPS) is 13.4. The highest BCUT2D eigenvalue weighted by Crippen LogP contribution is 2.31. The van der Waals surface area contributed by atoms with Crippen LogP contribution in [-0.2, 0) is 23.9 Å². The Labute approximate surface area is 129 Å². The maximum Gasteiger partial charge on any atom is 0.349 e. The van der Waals surface area contributed by atoms with Crippen molar-refractivity contribution in [2.45, 2.75) is 26.1 Å². The van der Waals surface area contributed by atoms with Gasteiger partial charge in [0.2, 0.25) is 12.2 Å². The Bertz CT molecular complexity index is 692. The van der Waals surface area contributed by atoms with Gasteiger partial charge in [0.1, 0.15) is 5.01 Å². The molecule has 0 radical (unpaired) electrons. The lowest BCUT2D eigenvalue weighted by Crippen LogP contribution is -2.34. The number of rotatable bonds is 5. The molecule has 0 unspecified atom stereocenters. The first-order chi connectivity index (χ1) is 10.4. The zero-order valence-corrected chi connectivity index (χ0v) is 12.6. The van der Waals surface area contributed by atoms with Gasteiger partial charge in [0.15, 0.2) is 0 Å². The summed E-state index contributed by atoms with van der Waals surface area (Å²) in [4.78, 5) is 38.0. The fourth-order valence-corrected chi connectivity index (χ4v) is 2.87. The van der Waals surface area contributed by atoms with Gasteiger partial charge in [0.25, 0.3) is 0 Å². The van der Waals surface area contributed by atoms with Crippen LogP contribution >= 0.6 is 11.3 Å². The van der Waals surface area contributed by atoms with Crippen LogP contribution in [0.25, 0.3) is 10.2 Å². The number of carboxylic acid groups (broad SMARTS) is 1. The standard InChI is InChI=1S/C14H13NO6S/c1-7(16)20-11(12(14(18)19)21-8(2)17)13-15-9-5-3-4-6-10(9)22-13/h3-6,11-12H,1-2H3,(H,18,19)/t11-,12+/m0/s1. The van der Waals surface area contributed by atoms with Gasteiger partial charge in [-0.3, -0.25) is 9.59 Å². The summed E-state index contributed by atoms with van der Waals surface area (Å²) in [5.41, 5.74) is 0.645. The van der Waals surface area contributed by atoms with E-state index in [2.05, 4.69) is 4.98 Å². The van der Waals surface area contributed by atoms with E-state index in [0.717, 1.165) is 18.5 Å². The lowest BCUT2D eigenvalue weighted by Gasteiger charge is -2.21. The molecule has 0 saturated heterocycles. The van der Waals surface area contributed by atoms with E-state index in [1.165, 1.54) is 11.3 Å². The van der Waals surface area contributed by atoms with Crippen LogP contribution in [0, 0.1) is 0 Å². The minimum Gasteiger partial charge on any atom is -0.478 e. The first-order valence-corrected chi connectivity index (χ1v) is 7.13. The second-order valence-corrected chi connectivity index (χ2v) is 5.48. The number of carbonyl (C=O) groups excluding carboxylic acids is 2. The SMILES string of the molecule is CC(=O)O[C@H](c1nc2ccccc2s1)[C@@H](OC(C)=O)C(=O)O. The van der Waals surface area contributed by atoms with Crippen LogP contribution in [0.15, 0.2) is 24.3 Å². The van der Waals surface area contributed by atoms with E-state index in [1.54, 1.807) is 12.1 Å². The fraction of sp³-hybridized carbons (Fsp3) is 0.286. The average Bonchev–Trinajstić information content (AvgIpc) is 2.85. The molecule has 0 saturated carbocycles. The molecule has 116 valence electrons. The fourth-order valence-electron chi connectivity index (χ4n) is 1.85. The Morgan fingerprint density at radius 2 is 1.77 bits per heavy atom. The van der Waals surface area contributed by atoms with Gasteiger partial charge < -0.3 is 14.6 Å². The number of benzene rings is 1. The van der Waals surface area contributed by atoms with Crippen molar-refractivity contribution >= 4 is 39.5 Å². The molecule has 1 aromatic heterocycles. The Morgan fingerprint density at radius 3 is 2.32 bits per heavy atom. The van der Waals surface area contributed by atoms with Gasteiger partial charge in [-0.25, -0.2) is 9.78 Å². The topological polar surface area (TPSA) is 103 Å². The Morgan fingerprint density at radius 1 is 1.14 bits per heavy atom. The van der Waals surface area contributed by atoms with Crippen molar-refractivity contribution in [2.75, 3.05) is 0 Å². The zero-order valence-electron chi connectivity index (χ0n) is 11.8. The van der Waals surface area contributed by atoms with E-state index in [-0.39, 0.29) is 5.01 Å². The Balaban J connectivity index is 2.45. The van der Waals surface area contributed by atoms with Crippen LogP contribution in [0.3, 0.4) is 0 Å². The Kier molecular flexibility index (Phi) is 4.71. The van der Waals surface area contributed by atoms with Crippen LogP contribution in [0.4, 0.5) is 0 Å². The van der Waals surface area contributed by atoms with E-state index in [4.69, 9.17) is 9.47 Å². The molecule has 1 aromatic carbocycles. The van der Waals surface area contributed by atoms with E-state index in [9.17, 15) is 19.5 Å². The van der Waals surface area contributed by atoms with Crippen molar-refractivity contribution < 1.29 is 29.0 Å². The molecule has 0 bridgehead atoms. The monoisotopic (exact) mass is 323 g/mol. The van der Waals surface area contributed by atoms with Crippen molar-refractivity contribution in [1.29, 1.82) is 0 Å². The van der Waals surface area contributed by atoms with Gasteiger partial charge in [0.05, 0.1) is 10.2 Å². The summed E-state index contributed by atoms with van der Waals surface area (Å²) < 4.78 is 10.6. The van der Waals surface area contributed by atoms with Gasteiger partial charge in [-0.1, -0.05) is 12.1 Å². The van der Waals surface area contributed by atoms with Gasteiger partial charge in [-0.05, 0) is 12.1 Å². The van der Waals surface area contributed by atoms with Crippen molar-refractivity contribution in [3.63, 3.8) is 0 Å². The molecule has 8 heteroatoms. The molecule has 22 heavy (non-hydrogen) atoms. The zero-order chi connectivity index (χ0) is 16.3. The molecular weight excluding hydrogens is 310 g/mol. The van der Waals surface area contributed by atoms with E-state index >= 15 is 0 Å². The number of esters is 2. The van der Waals surface area contributed by atoms with Gasteiger partial charge in [-0.2, -0.15) is 0 Å². The molecule has 1 N–H and O–H groups in total. The minimum atomic E-state index is -1.65. The van der Waals surface area contributed by atoms with Gasteiger partial charge in [-0.15, -0.1) is 11.3 Å². The highest BCUT2D eigenvalue weighted by atomic mass is 32.1. The van der Waals surface area contributed by atoms with Crippen molar-refractivity contribution in [1.82, 2.24) is 4.98 Å². The number of aromatic nitrogens is 1. The van der Waals surface area contributed by atoms with E-state index in [0.29, 0.717) is 5.52 Å². The summed E-state index contributed by atoms with van der Waals surface area (Å²) in [5, 5.41) is 9.50. The van der Waals surface area contributed by atoms with Crippen LogP contribution < -0.4 is 0 Å². The van der Waals surface area contributed by atoms with Crippen LogP contribution in [-0.4, -0.2) is 34.1 Å². The third-order valence-corrected chi connectivity index (χ3v) is 3.76. The lowest BCUT2D eigenvalue weighted by atomic mass is 10.2. The van der Waals surface area contributed by atoms with Crippen molar-refractivity contribution in [3.8, 4) is 0 Å². The van der Waals surface area contributed by atoms with Crippen LogP contribution in [0.1, 0.15) is 25.0 Å². The number of para-hydroxylation sites is 1. The maximum absolute atomic E-state index is 11.4. The second kappa shape index (κ2) is 6.52. The molecule has 7 nitrogen and oxygen atoms in total. The van der Waals surface area contributed by atoms with E-state index < -0.39 is 30.1 Å². The molecule has 0 spiro atoms. The minimum absolute atomic E-state index is 0.255. The molecule has 2 aromatic rings. The number of nitrogens with zero attached hydrogens (tertiary/aromatic N) is 1. The summed E-state index contributed by atoms with van der Waals surface area (Å²) in [6.45, 7) is 2.23. The van der Waals surface area contributed by atoms with E-state index in [1.807, 2.05) is 12.1 Å². The van der Waals surface area contributed by atoms with Gasteiger partial charge >= 0.3 is 17.9 Å². The molecule has 0 fully saturated rings. The summed E-state index contributed by atoms with van der Waals surface area (Å²) in [6.07, 6.45) is -2.95. The number of carboxylic acids is 1. The molecule has 0 aliphatic carbocycles. The Hall–Kier alpha value is -2.48. The van der Waals surface area contributed by atoms with Crippen LogP contribution in [0.5, 0.6) is 0 Å². The molecule has 0 aliphatic rings. The number of hydrogen-bond donors (Lipinski definition) is 1. The summed E-state index contributed by atoms with van der Waals surface area (Å²) in [7, 11) is 0. The predicted octanol–water partition coefficient (Wildman–Crippen LogP) is 1.92. The molecule has 2 atom stereocenters. The molecular formula is C14H13NO6S. The van der Waals surface area contributed by atoms with Crippen LogP contribution in [0.2, 0.25) is 0 Å². The van der Waals surface area contributed by atoms with Gasteiger partial charge in [0, 0.05) is 13.8 Å². The number of thiazole rings is 1. The quantitative estimate of drug-likeness (QED) is 0.838. The van der Waals surface area contributed by atoms with Crippen molar-refractivity contribution in [3.05, 3.63) is 29.3 Å². The first-order valence-electron chi connectivity index (χ1n) is 6.31. The number of carbonyl (C=O) groups is 3. The molecule has 2 rings (SSSR count). The second-order valence-electron chi connectivity index (χ2n) is 4.42. The maximum atomic E-state index is 11.4. The third-order valence-electron chi connectivity index (χ3n) is 2.66. The number of fused-ring (bicyclic) bond motifs is 1. The molecule has 0 aliphatic heterocycles. The lowest BCUT2D eigenvalue weighted by molar-refractivity contribution is -0.178. The average molecular weight is 323 g/mol. The number of hydrogen-bond acceptors (Lipinski definition) is 7. The van der Waals surface area contributed by atoms with Crippen molar-refractivity contribution in [2.24, 2.45) is 0 Å². The highest BCUT2D eigenvalue weighted by Gasteiger charge is 2.37. The highest BCUT2D eigenvalue weighted by molar-refractivity contribution is 7.18. The smallest absolute Gasteiger partial charge is 0.349 e. The third kappa shape index (κ3) is 3.59. The first kappa shape index (κ1) is 15.9. The molecule has 0 amide bonds. The predicted molar refractivity (Wildman–Crippen MR) is 77.3 cm³/mol. The summed E-state index contributed by atoms with van der Waals surface area (Å²) in [6, 6.07) is 7.16. The number of aliphatic carboxylic acids is 1. The summed E-state index contributed by atoms with van der Waals surface area (Å²) >= 11 is 1.18. The largest absolute Gasteiger partial charge is 0.478 e. The summed E-state index contributed by atoms with van der Waals surface area (Å²) in [5.74, 6) is -2.89.